The Morgan fingerprint density at radius 3 is 2.68 bits per heavy atom. The molecule has 0 radical (unpaired) electrons. The maximum Gasteiger partial charge on any atom is 0.254 e. The highest BCUT2D eigenvalue weighted by atomic mass is 16.2. The number of benzene rings is 1. The lowest BCUT2D eigenvalue weighted by atomic mass is 10.1. The molecule has 0 aliphatic carbocycles. The first-order valence-electron chi connectivity index (χ1n) is 6.61. The molecule has 3 nitrogen and oxygen atoms in total. The van der Waals surface area contributed by atoms with Gasteiger partial charge in [0, 0.05) is 19.2 Å². The van der Waals surface area contributed by atoms with E-state index in [1.807, 2.05) is 13.0 Å². The number of hydrogen-bond donors (Lipinski definition) is 0. The van der Waals surface area contributed by atoms with Gasteiger partial charge < -0.3 is 4.90 Å². The molecule has 0 unspecified atom stereocenters. The van der Waals surface area contributed by atoms with E-state index < -0.39 is 0 Å². The zero-order chi connectivity index (χ0) is 14.1. The number of rotatable bonds is 7. The van der Waals surface area contributed by atoms with Crippen LogP contribution in [0.1, 0.15) is 46.9 Å². The second kappa shape index (κ2) is 8.25. The molecule has 19 heavy (non-hydrogen) atoms. The van der Waals surface area contributed by atoms with E-state index in [0.717, 1.165) is 25.5 Å². The number of nitrogens with zero attached hydrogens (tertiary/aromatic N) is 1. The van der Waals surface area contributed by atoms with Crippen molar-refractivity contribution < 1.29 is 9.59 Å². The lowest BCUT2D eigenvalue weighted by molar-refractivity contribution is 0.0789. The molecule has 0 saturated heterocycles. The van der Waals surface area contributed by atoms with Crippen LogP contribution in [0, 0.1) is 0 Å². The minimum Gasteiger partial charge on any atom is -0.342 e. The van der Waals surface area contributed by atoms with Gasteiger partial charge in [-0.05, 0) is 32.3 Å². The summed E-state index contributed by atoms with van der Waals surface area (Å²) in [7, 11) is 1.78. The summed E-state index contributed by atoms with van der Waals surface area (Å²) >= 11 is 0. The van der Waals surface area contributed by atoms with Crippen LogP contribution in [0.4, 0.5) is 0 Å². The van der Waals surface area contributed by atoms with E-state index in [2.05, 4.69) is 6.08 Å². The number of amides is 1. The largest absolute Gasteiger partial charge is 0.342 e. The first-order valence-corrected chi connectivity index (χ1v) is 6.61. The third-order valence-electron chi connectivity index (χ3n) is 3.01. The van der Waals surface area contributed by atoms with Gasteiger partial charge in [0.15, 0.2) is 6.29 Å². The second-order valence-electron chi connectivity index (χ2n) is 4.50. The Hall–Kier alpha value is -1.90. The highest BCUT2D eigenvalue weighted by Gasteiger charge is 2.14. The van der Waals surface area contributed by atoms with Crippen LogP contribution in [0.15, 0.2) is 36.4 Å². The topological polar surface area (TPSA) is 37.4 Å². The second-order valence-corrected chi connectivity index (χ2v) is 4.50. The Labute approximate surface area is 114 Å². The normalized spacial score (nSPS) is 10.6. The van der Waals surface area contributed by atoms with Gasteiger partial charge in [-0.15, -0.1) is 0 Å². The Morgan fingerprint density at radius 2 is 2.00 bits per heavy atom. The molecular weight excluding hydrogens is 238 g/mol. The van der Waals surface area contributed by atoms with E-state index >= 15 is 0 Å². The monoisotopic (exact) mass is 259 g/mol. The molecule has 1 rings (SSSR count). The summed E-state index contributed by atoms with van der Waals surface area (Å²) < 4.78 is 0. The molecule has 0 bridgehead atoms. The van der Waals surface area contributed by atoms with Crippen LogP contribution in [0.25, 0.3) is 0 Å². The number of unbranched alkanes of at least 4 members (excludes halogenated alkanes) is 2. The Morgan fingerprint density at radius 1 is 1.26 bits per heavy atom. The fraction of sp³-hybridized carbons (Fsp3) is 0.375. The van der Waals surface area contributed by atoms with E-state index in [1.54, 1.807) is 36.2 Å². The van der Waals surface area contributed by atoms with Crippen molar-refractivity contribution in [3.05, 3.63) is 47.5 Å². The van der Waals surface area contributed by atoms with Gasteiger partial charge in [-0.25, -0.2) is 0 Å². The molecule has 0 fully saturated rings. The molecule has 1 aromatic carbocycles. The fourth-order valence-electron chi connectivity index (χ4n) is 1.88. The van der Waals surface area contributed by atoms with Crippen molar-refractivity contribution in [2.24, 2.45) is 0 Å². The number of carbonyl (C=O) groups excluding carboxylic acids is 2. The molecule has 0 saturated carbocycles. The van der Waals surface area contributed by atoms with Crippen molar-refractivity contribution in [3.63, 3.8) is 0 Å². The van der Waals surface area contributed by atoms with Crippen molar-refractivity contribution in [2.45, 2.75) is 26.2 Å². The van der Waals surface area contributed by atoms with E-state index in [4.69, 9.17) is 0 Å². The van der Waals surface area contributed by atoms with Gasteiger partial charge in [-0.3, -0.25) is 9.59 Å². The summed E-state index contributed by atoms with van der Waals surface area (Å²) in [6, 6.07) is 6.90. The first kappa shape index (κ1) is 15.2. The van der Waals surface area contributed by atoms with Gasteiger partial charge in [-0.2, -0.15) is 0 Å². The SMILES string of the molecule is C/C=C\CCCCN(C)C(=O)c1ccccc1C=O. The molecule has 1 amide bonds. The minimum atomic E-state index is -0.0891. The standard InChI is InChI=1S/C16H21NO2/c1-3-4-5-6-9-12-17(2)16(19)15-11-8-7-10-14(15)13-18/h3-4,7-8,10-11,13H,5-6,9,12H2,1-2H3/b4-3-. The van der Waals surface area contributed by atoms with E-state index in [-0.39, 0.29) is 5.91 Å². The van der Waals surface area contributed by atoms with Gasteiger partial charge in [0.1, 0.15) is 0 Å². The summed E-state index contributed by atoms with van der Waals surface area (Å²) in [6.45, 7) is 2.72. The predicted molar refractivity (Wildman–Crippen MR) is 77.5 cm³/mol. The van der Waals surface area contributed by atoms with Crippen LogP contribution in [0.5, 0.6) is 0 Å². The maximum atomic E-state index is 12.2. The first-order chi connectivity index (χ1) is 9.20. The van der Waals surface area contributed by atoms with Crippen LogP contribution in [0.2, 0.25) is 0 Å². The number of allylic oxidation sites excluding steroid dienone is 2. The smallest absolute Gasteiger partial charge is 0.254 e. The average molecular weight is 259 g/mol. The van der Waals surface area contributed by atoms with E-state index in [1.165, 1.54) is 0 Å². The summed E-state index contributed by atoms with van der Waals surface area (Å²) in [6.07, 6.45) is 7.97. The number of carbonyl (C=O) groups is 2. The zero-order valence-electron chi connectivity index (χ0n) is 11.6. The van der Waals surface area contributed by atoms with Crippen molar-refractivity contribution in [3.8, 4) is 0 Å². The molecule has 0 spiro atoms. The molecule has 0 heterocycles. The number of aldehydes is 1. The van der Waals surface area contributed by atoms with Gasteiger partial charge in [0.2, 0.25) is 0 Å². The number of hydrogen-bond acceptors (Lipinski definition) is 2. The predicted octanol–water partition coefficient (Wildman–Crippen LogP) is 3.32. The minimum absolute atomic E-state index is 0.0891. The lowest BCUT2D eigenvalue weighted by Crippen LogP contribution is -2.28. The molecule has 1 aromatic rings. The summed E-state index contributed by atoms with van der Waals surface area (Å²) in [4.78, 5) is 24.8. The van der Waals surface area contributed by atoms with Crippen molar-refractivity contribution in [1.82, 2.24) is 4.90 Å². The van der Waals surface area contributed by atoms with Crippen LogP contribution in [-0.4, -0.2) is 30.7 Å². The molecule has 0 N–H and O–H groups in total. The highest BCUT2D eigenvalue weighted by Crippen LogP contribution is 2.10. The fourth-order valence-corrected chi connectivity index (χ4v) is 1.88. The van der Waals surface area contributed by atoms with Crippen LogP contribution < -0.4 is 0 Å². The zero-order valence-corrected chi connectivity index (χ0v) is 11.6. The van der Waals surface area contributed by atoms with Gasteiger partial charge in [0.05, 0.1) is 5.56 Å². The van der Waals surface area contributed by atoms with Crippen molar-refractivity contribution >= 4 is 12.2 Å². The molecular formula is C16H21NO2. The van der Waals surface area contributed by atoms with Gasteiger partial charge in [0.25, 0.3) is 5.91 Å². The Balaban J connectivity index is 2.54. The summed E-state index contributed by atoms with van der Waals surface area (Å²) in [5, 5.41) is 0. The van der Waals surface area contributed by atoms with E-state index in [9.17, 15) is 9.59 Å². The van der Waals surface area contributed by atoms with Crippen LogP contribution in [-0.2, 0) is 0 Å². The van der Waals surface area contributed by atoms with Crippen LogP contribution >= 0.6 is 0 Å². The summed E-state index contributed by atoms with van der Waals surface area (Å²) in [5.41, 5.74) is 0.932. The molecule has 3 heteroatoms. The molecule has 0 aromatic heterocycles. The van der Waals surface area contributed by atoms with Gasteiger partial charge in [-0.1, -0.05) is 30.4 Å². The Bertz CT molecular complexity index is 452. The molecule has 102 valence electrons. The van der Waals surface area contributed by atoms with Crippen LogP contribution in [0.3, 0.4) is 0 Å². The molecule has 0 aliphatic rings. The third kappa shape index (κ3) is 4.70. The van der Waals surface area contributed by atoms with Crippen molar-refractivity contribution in [2.75, 3.05) is 13.6 Å². The average Bonchev–Trinajstić information content (AvgIpc) is 2.46. The lowest BCUT2D eigenvalue weighted by Gasteiger charge is -2.17. The maximum absolute atomic E-state index is 12.2. The third-order valence-corrected chi connectivity index (χ3v) is 3.01. The highest BCUT2D eigenvalue weighted by molar-refractivity contribution is 6.01. The van der Waals surface area contributed by atoms with Gasteiger partial charge >= 0.3 is 0 Å². The summed E-state index contributed by atoms with van der Waals surface area (Å²) in [5.74, 6) is -0.0891. The van der Waals surface area contributed by atoms with Crippen molar-refractivity contribution in [1.29, 1.82) is 0 Å². The Kier molecular flexibility index (Phi) is 6.58. The quantitative estimate of drug-likeness (QED) is 0.428. The van der Waals surface area contributed by atoms with E-state index in [0.29, 0.717) is 17.7 Å². The molecule has 0 atom stereocenters. The molecule has 0 aliphatic heterocycles.